The Kier molecular flexibility index (Phi) is 4.66. The van der Waals surface area contributed by atoms with Crippen LogP contribution in [0.4, 0.5) is 5.69 Å². The Morgan fingerprint density at radius 3 is 2.43 bits per heavy atom. The summed E-state index contributed by atoms with van der Waals surface area (Å²) in [6.45, 7) is 1.87. The first-order chi connectivity index (χ1) is 9.85. The highest BCUT2D eigenvalue weighted by Crippen LogP contribution is 2.37. The fourth-order valence-electron chi connectivity index (χ4n) is 1.80. The number of nitrogens with one attached hydrogen (secondary N) is 1. The van der Waals surface area contributed by atoms with Crippen molar-refractivity contribution in [2.45, 2.75) is 11.8 Å². The minimum absolute atomic E-state index is 0.0614. The minimum Gasteiger partial charge on any atom is -0.495 e. The predicted molar refractivity (Wildman–Crippen MR) is 85.0 cm³/mol. The maximum Gasteiger partial charge on any atom is 0.263 e. The van der Waals surface area contributed by atoms with Crippen LogP contribution in [0.5, 0.6) is 5.75 Å². The van der Waals surface area contributed by atoms with Gasteiger partial charge in [0.2, 0.25) is 0 Å². The van der Waals surface area contributed by atoms with Gasteiger partial charge in [0.1, 0.15) is 15.7 Å². The molecule has 0 aliphatic rings. The molecule has 0 aromatic heterocycles. The summed E-state index contributed by atoms with van der Waals surface area (Å²) in [4.78, 5) is -0.100. The lowest BCUT2D eigenvalue weighted by molar-refractivity contribution is 0.414. The standard InChI is InChI=1S/C14H13Cl2NO3S/c1-9-4-3-5-10(8-9)17-21(18,19)12-7-6-11(20-2)13(15)14(12)16/h3-8,17H,1-2H3. The number of methoxy groups -OCH3 is 1. The van der Waals surface area contributed by atoms with Crippen LogP contribution in [0, 0.1) is 6.92 Å². The van der Waals surface area contributed by atoms with Crippen molar-refractivity contribution in [2.24, 2.45) is 0 Å². The number of aryl methyl sites for hydroxylation is 1. The molecular weight excluding hydrogens is 333 g/mol. The average Bonchev–Trinajstić information content (AvgIpc) is 2.41. The van der Waals surface area contributed by atoms with E-state index in [0.29, 0.717) is 11.4 Å². The molecule has 2 rings (SSSR count). The summed E-state index contributed by atoms with van der Waals surface area (Å²) in [7, 11) is -2.40. The molecule has 0 heterocycles. The van der Waals surface area contributed by atoms with Crippen LogP contribution >= 0.6 is 23.2 Å². The van der Waals surface area contributed by atoms with Crippen molar-refractivity contribution in [2.75, 3.05) is 11.8 Å². The molecule has 0 bridgehead atoms. The second-order valence-corrected chi connectivity index (χ2v) is 6.78. The zero-order valence-electron chi connectivity index (χ0n) is 11.4. The Morgan fingerprint density at radius 1 is 1.10 bits per heavy atom. The largest absolute Gasteiger partial charge is 0.495 e. The van der Waals surface area contributed by atoms with Crippen molar-refractivity contribution in [1.82, 2.24) is 0 Å². The van der Waals surface area contributed by atoms with Gasteiger partial charge in [0, 0.05) is 5.69 Å². The van der Waals surface area contributed by atoms with Gasteiger partial charge in [-0.1, -0.05) is 35.3 Å². The monoisotopic (exact) mass is 345 g/mol. The third-order valence-electron chi connectivity index (χ3n) is 2.79. The molecule has 0 atom stereocenters. The van der Waals surface area contributed by atoms with Gasteiger partial charge in [0.15, 0.2) is 0 Å². The molecule has 4 nitrogen and oxygen atoms in total. The fourth-order valence-corrected chi connectivity index (χ4v) is 3.69. The van der Waals surface area contributed by atoms with Crippen LogP contribution in [0.2, 0.25) is 10.0 Å². The molecule has 0 spiro atoms. The fraction of sp³-hybridized carbons (Fsp3) is 0.143. The zero-order chi connectivity index (χ0) is 15.6. The topological polar surface area (TPSA) is 55.4 Å². The van der Waals surface area contributed by atoms with Crippen LogP contribution in [0.25, 0.3) is 0 Å². The molecule has 7 heteroatoms. The Hall–Kier alpha value is -1.43. The second-order valence-electron chi connectivity index (χ2n) is 4.37. The molecule has 1 N–H and O–H groups in total. The van der Waals surface area contributed by atoms with E-state index in [1.54, 1.807) is 18.2 Å². The van der Waals surface area contributed by atoms with Gasteiger partial charge in [0.05, 0.1) is 12.1 Å². The summed E-state index contributed by atoms with van der Waals surface area (Å²) in [5.41, 5.74) is 1.40. The molecule has 0 saturated carbocycles. The predicted octanol–water partition coefficient (Wildman–Crippen LogP) is 4.11. The molecule has 0 aliphatic carbocycles. The molecule has 2 aromatic carbocycles. The van der Waals surface area contributed by atoms with E-state index >= 15 is 0 Å². The zero-order valence-corrected chi connectivity index (χ0v) is 13.7. The number of hydrogen-bond acceptors (Lipinski definition) is 3. The van der Waals surface area contributed by atoms with E-state index in [0.717, 1.165) is 5.56 Å². The third kappa shape index (κ3) is 3.43. The van der Waals surface area contributed by atoms with Gasteiger partial charge < -0.3 is 4.74 Å². The van der Waals surface area contributed by atoms with Crippen molar-refractivity contribution in [3.8, 4) is 5.75 Å². The molecule has 0 aliphatic heterocycles. The Labute approximate surface area is 133 Å². The first-order valence-corrected chi connectivity index (χ1v) is 8.20. The number of benzene rings is 2. The molecule has 0 radical (unpaired) electrons. The summed E-state index contributed by atoms with van der Waals surface area (Å²) in [6, 6.07) is 9.81. The van der Waals surface area contributed by atoms with Crippen molar-refractivity contribution < 1.29 is 13.2 Å². The van der Waals surface area contributed by atoms with Crippen molar-refractivity contribution >= 4 is 38.9 Å². The van der Waals surface area contributed by atoms with Crippen LogP contribution in [0.15, 0.2) is 41.3 Å². The summed E-state index contributed by atoms with van der Waals surface area (Å²) in [6.07, 6.45) is 0. The van der Waals surface area contributed by atoms with E-state index in [1.165, 1.54) is 19.2 Å². The maximum absolute atomic E-state index is 12.4. The van der Waals surface area contributed by atoms with E-state index < -0.39 is 10.0 Å². The highest BCUT2D eigenvalue weighted by atomic mass is 35.5. The van der Waals surface area contributed by atoms with Crippen LogP contribution < -0.4 is 9.46 Å². The van der Waals surface area contributed by atoms with Gasteiger partial charge in [-0.05, 0) is 36.8 Å². The van der Waals surface area contributed by atoms with Gasteiger partial charge in [-0.25, -0.2) is 8.42 Å². The molecule has 112 valence electrons. The van der Waals surface area contributed by atoms with E-state index in [-0.39, 0.29) is 14.9 Å². The van der Waals surface area contributed by atoms with Gasteiger partial charge in [-0.2, -0.15) is 0 Å². The molecule has 21 heavy (non-hydrogen) atoms. The Balaban J connectivity index is 2.43. The summed E-state index contributed by atoms with van der Waals surface area (Å²) >= 11 is 12.0. The number of halogens is 2. The van der Waals surface area contributed by atoms with Crippen LogP contribution in [-0.2, 0) is 10.0 Å². The number of sulfonamides is 1. The number of rotatable bonds is 4. The smallest absolute Gasteiger partial charge is 0.263 e. The van der Waals surface area contributed by atoms with Crippen LogP contribution in [-0.4, -0.2) is 15.5 Å². The molecule has 0 amide bonds. The third-order valence-corrected chi connectivity index (χ3v) is 5.19. The molecular formula is C14H13Cl2NO3S. The van der Waals surface area contributed by atoms with Gasteiger partial charge >= 0.3 is 0 Å². The maximum atomic E-state index is 12.4. The average molecular weight is 346 g/mol. The molecule has 2 aromatic rings. The normalized spacial score (nSPS) is 11.2. The van der Waals surface area contributed by atoms with Crippen molar-refractivity contribution in [3.05, 3.63) is 52.0 Å². The lowest BCUT2D eigenvalue weighted by atomic mass is 10.2. The Bertz CT molecular complexity index is 776. The van der Waals surface area contributed by atoms with E-state index in [2.05, 4.69) is 4.72 Å². The van der Waals surface area contributed by atoms with Crippen molar-refractivity contribution in [3.63, 3.8) is 0 Å². The van der Waals surface area contributed by atoms with E-state index in [1.807, 2.05) is 13.0 Å². The van der Waals surface area contributed by atoms with E-state index in [4.69, 9.17) is 27.9 Å². The first-order valence-electron chi connectivity index (χ1n) is 5.96. The quantitative estimate of drug-likeness (QED) is 0.906. The molecule has 0 fully saturated rings. The SMILES string of the molecule is COc1ccc(S(=O)(=O)Nc2cccc(C)c2)c(Cl)c1Cl. The number of anilines is 1. The lowest BCUT2D eigenvalue weighted by Gasteiger charge is -2.12. The first kappa shape index (κ1) is 15.9. The van der Waals surface area contributed by atoms with E-state index in [9.17, 15) is 8.42 Å². The summed E-state index contributed by atoms with van der Waals surface area (Å²) < 4.78 is 32.2. The summed E-state index contributed by atoms with van der Waals surface area (Å²) in [5.74, 6) is 0.316. The highest BCUT2D eigenvalue weighted by Gasteiger charge is 2.22. The Morgan fingerprint density at radius 2 is 1.81 bits per heavy atom. The van der Waals surface area contributed by atoms with Crippen molar-refractivity contribution in [1.29, 1.82) is 0 Å². The summed E-state index contributed by atoms with van der Waals surface area (Å²) in [5, 5.41) is -0.0116. The van der Waals surface area contributed by atoms with Gasteiger partial charge in [-0.15, -0.1) is 0 Å². The molecule has 0 unspecified atom stereocenters. The van der Waals surface area contributed by atoms with Crippen LogP contribution in [0.1, 0.15) is 5.56 Å². The van der Waals surface area contributed by atoms with Gasteiger partial charge in [0.25, 0.3) is 10.0 Å². The second kappa shape index (κ2) is 6.13. The van der Waals surface area contributed by atoms with Gasteiger partial charge in [-0.3, -0.25) is 4.72 Å². The number of ether oxygens (including phenoxy) is 1. The molecule has 0 saturated heterocycles. The number of hydrogen-bond donors (Lipinski definition) is 1. The highest BCUT2D eigenvalue weighted by molar-refractivity contribution is 7.92. The minimum atomic E-state index is -3.83. The lowest BCUT2D eigenvalue weighted by Crippen LogP contribution is -2.13. The van der Waals surface area contributed by atoms with Crippen LogP contribution in [0.3, 0.4) is 0 Å².